The molecule has 1 heterocycles. The van der Waals surface area contributed by atoms with Crippen molar-refractivity contribution in [2.75, 3.05) is 33.8 Å². The first-order chi connectivity index (χ1) is 14.0. The van der Waals surface area contributed by atoms with Gasteiger partial charge in [0, 0.05) is 18.9 Å². The van der Waals surface area contributed by atoms with Crippen LogP contribution in [0.25, 0.3) is 5.57 Å². The van der Waals surface area contributed by atoms with E-state index >= 15 is 0 Å². The van der Waals surface area contributed by atoms with Gasteiger partial charge in [-0.05, 0) is 50.1 Å². The maximum Gasteiger partial charge on any atom is 0.234 e. The summed E-state index contributed by atoms with van der Waals surface area (Å²) in [6, 6.07) is 8.14. The number of aliphatic hydroxyl groups excluding tert-OH is 1. The molecule has 1 fully saturated rings. The van der Waals surface area contributed by atoms with E-state index in [1.807, 2.05) is 25.9 Å². The van der Waals surface area contributed by atoms with E-state index in [0.29, 0.717) is 19.5 Å². The average Bonchev–Trinajstić information content (AvgIpc) is 3.22. The van der Waals surface area contributed by atoms with Crippen LogP contribution < -0.4 is 5.32 Å². The Morgan fingerprint density at radius 1 is 1.21 bits per heavy atom. The lowest BCUT2D eigenvalue weighted by molar-refractivity contribution is -0.150. The molecule has 158 valence electrons. The predicted octanol–water partition coefficient (Wildman–Crippen LogP) is 2.00. The molecule has 0 saturated carbocycles. The highest BCUT2D eigenvalue weighted by molar-refractivity contribution is 5.80. The number of allylic oxidation sites excluding steroid dienone is 2. The molecule has 1 aliphatic carbocycles. The molecule has 1 aromatic carbocycles. The molecule has 2 amide bonds. The summed E-state index contributed by atoms with van der Waals surface area (Å²) >= 11 is 0. The van der Waals surface area contributed by atoms with Crippen LogP contribution in [0.1, 0.15) is 49.7 Å². The molecule has 3 atom stereocenters. The number of hydrogen-bond donors (Lipinski definition) is 2. The summed E-state index contributed by atoms with van der Waals surface area (Å²) in [6.45, 7) is 2.46. The van der Waals surface area contributed by atoms with Crippen LogP contribution >= 0.6 is 0 Å². The quantitative estimate of drug-likeness (QED) is 0.701. The van der Waals surface area contributed by atoms with Crippen LogP contribution in [0.5, 0.6) is 0 Å². The van der Waals surface area contributed by atoms with Gasteiger partial charge >= 0.3 is 0 Å². The zero-order valence-electron chi connectivity index (χ0n) is 17.7. The fourth-order valence-corrected chi connectivity index (χ4v) is 4.58. The summed E-state index contributed by atoms with van der Waals surface area (Å²) < 4.78 is 0. The number of aliphatic hydroxyl groups is 1. The monoisotopic (exact) mass is 399 g/mol. The van der Waals surface area contributed by atoms with Crippen LogP contribution in [0.4, 0.5) is 0 Å². The van der Waals surface area contributed by atoms with Gasteiger partial charge in [-0.3, -0.25) is 9.59 Å². The molecule has 6 nitrogen and oxygen atoms in total. The first-order valence-corrected chi connectivity index (χ1v) is 10.6. The van der Waals surface area contributed by atoms with Gasteiger partial charge in [0.05, 0.1) is 25.2 Å². The van der Waals surface area contributed by atoms with Crippen LogP contribution in [0.3, 0.4) is 0 Å². The van der Waals surface area contributed by atoms with Crippen molar-refractivity contribution in [3.8, 4) is 0 Å². The normalized spacial score (nSPS) is 23.7. The summed E-state index contributed by atoms with van der Waals surface area (Å²) in [5, 5.41) is 12.9. The first kappa shape index (κ1) is 21.5. The second kappa shape index (κ2) is 9.55. The highest BCUT2D eigenvalue weighted by Gasteiger charge is 2.50. The first-order valence-electron chi connectivity index (χ1n) is 10.6. The Balaban J connectivity index is 1.77. The molecule has 0 spiro atoms. The molecule has 1 aliphatic heterocycles. The molecule has 6 heteroatoms. The van der Waals surface area contributed by atoms with Crippen LogP contribution in [0.2, 0.25) is 0 Å². The van der Waals surface area contributed by atoms with Crippen LogP contribution in [0.15, 0.2) is 30.3 Å². The number of amides is 2. The molecule has 2 N–H and O–H groups in total. The lowest BCUT2D eigenvalue weighted by atomic mass is 9.74. The summed E-state index contributed by atoms with van der Waals surface area (Å²) in [4.78, 5) is 28.2. The Kier molecular flexibility index (Phi) is 7.09. The van der Waals surface area contributed by atoms with Crippen molar-refractivity contribution in [2.45, 2.75) is 50.6 Å². The number of carbonyl (C=O) groups is 2. The van der Waals surface area contributed by atoms with E-state index in [1.165, 1.54) is 17.6 Å². The minimum absolute atomic E-state index is 0.0138. The Labute approximate surface area is 173 Å². The van der Waals surface area contributed by atoms with Crippen LogP contribution in [-0.2, 0) is 9.59 Å². The number of carbonyl (C=O) groups excluding carboxylic acids is 2. The van der Waals surface area contributed by atoms with Crippen molar-refractivity contribution in [1.82, 2.24) is 15.1 Å². The molecular formula is C23H33N3O3. The van der Waals surface area contributed by atoms with Crippen molar-refractivity contribution in [2.24, 2.45) is 0 Å². The zero-order chi connectivity index (χ0) is 21.0. The topological polar surface area (TPSA) is 72.9 Å². The Hall–Kier alpha value is -2.18. The van der Waals surface area contributed by atoms with Crippen LogP contribution in [0, 0.1) is 0 Å². The number of nitrogens with one attached hydrogen (secondary N) is 1. The Morgan fingerprint density at radius 3 is 2.48 bits per heavy atom. The van der Waals surface area contributed by atoms with E-state index in [2.05, 4.69) is 35.7 Å². The molecule has 1 aromatic rings. The summed E-state index contributed by atoms with van der Waals surface area (Å²) in [7, 11) is 3.70. The van der Waals surface area contributed by atoms with Crippen molar-refractivity contribution in [3.63, 3.8) is 0 Å². The van der Waals surface area contributed by atoms with Gasteiger partial charge in [0.15, 0.2) is 0 Å². The minimum Gasteiger partial charge on any atom is -0.394 e. The number of likely N-dealkylation sites (N-methyl/N-ethyl adjacent to an activating group) is 1. The van der Waals surface area contributed by atoms with E-state index in [4.69, 9.17) is 0 Å². The number of nitrogens with zero attached hydrogens (tertiary/aromatic N) is 2. The highest BCUT2D eigenvalue weighted by atomic mass is 16.3. The minimum atomic E-state index is -0.241. The van der Waals surface area contributed by atoms with Gasteiger partial charge in [-0.25, -0.2) is 0 Å². The fraction of sp³-hybridized carbons (Fsp3) is 0.565. The Bertz CT molecular complexity index is 757. The lowest BCUT2D eigenvalue weighted by Crippen LogP contribution is -2.68. The number of rotatable bonds is 8. The molecular weight excluding hydrogens is 366 g/mol. The number of likely N-dealkylation sites (tertiary alicyclic amines) is 1. The van der Waals surface area contributed by atoms with Crippen LogP contribution in [-0.4, -0.2) is 72.6 Å². The van der Waals surface area contributed by atoms with Crippen molar-refractivity contribution in [1.29, 1.82) is 0 Å². The van der Waals surface area contributed by atoms with Gasteiger partial charge in [-0.1, -0.05) is 37.3 Å². The molecule has 2 aliphatic rings. The largest absolute Gasteiger partial charge is 0.394 e. The van der Waals surface area contributed by atoms with Gasteiger partial charge in [-0.15, -0.1) is 0 Å². The van der Waals surface area contributed by atoms with E-state index in [1.54, 1.807) is 4.90 Å². The molecule has 0 aromatic heterocycles. The SMILES string of the molecule is CCC(=O)N1[C@@H](CO)[C@H](c2ccc(C3=CCCC3)cc2)[C@@H]1CNC(=O)CN(C)C. The third-order valence-corrected chi connectivity index (χ3v) is 6.00. The van der Waals surface area contributed by atoms with Crippen molar-refractivity contribution < 1.29 is 14.7 Å². The van der Waals surface area contributed by atoms with Gasteiger partial charge in [-0.2, -0.15) is 0 Å². The van der Waals surface area contributed by atoms with E-state index in [9.17, 15) is 14.7 Å². The van der Waals surface area contributed by atoms with Crippen molar-refractivity contribution in [3.05, 3.63) is 41.5 Å². The fourth-order valence-electron chi connectivity index (χ4n) is 4.58. The van der Waals surface area contributed by atoms with E-state index in [0.717, 1.165) is 18.4 Å². The molecule has 0 unspecified atom stereocenters. The number of hydrogen-bond acceptors (Lipinski definition) is 4. The maximum atomic E-state index is 12.5. The molecule has 29 heavy (non-hydrogen) atoms. The molecule has 3 rings (SSSR count). The predicted molar refractivity (Wildman–Crippen MR) is 114 cm³/mol. The second-order valence-corrected chi connectivity index (χ2v) is 8.28. The lowest BCUT2D eigenvalue weighted by Gasteiger charge is -2.55. The average molecular weight is 400 g/mol. The van der Waals surface area contributed by atoms with Gasteiger partial charge in [0.1, 0.15) is 0 Å². The molecule has 1 saturated heterocycles. The zero-order valence-corrected chi connectivity index (χ0v) is 17.7. The van der Waals surface area contributed by atoms with E-state index in [-0.39, 0.29) is 36.4 Å². The molecule has 0 bridgehead atoms. The maximum absolute atomic E-state index is 12.5. The summed E-state index contributed by atoms with van der Waals surface area (Å²) in [5.74, 6) is -0.0322. The number of benzene rings is 1. The molecule has 0 radical (unpaired) electrons. The van der Waals surface area contributed by atoms with Crippen molar-refractivity contribution >= 4 is 17.4 Å². The van der Waals surface area contributed by atoms with Gasteiger partial charge < -0.3 is 20.2 Å². The third kappa shape index (κ3) is 4.70. The smallest absolute Gasteiger partial charge is 0.234 e. The standard InChI is InChI=1S/C23H33N3O3/c1-4-22(29)26-19(13-24-21(28)14-25(2)3)23(20(26)15-27)18-11-9-17(10-12-18)16-7-5-6-8-16/h7,9-12,19-20,23,27H,4-6,8,13-15H2,1-3H3,(H,24,28)/t19-,20-,23+/m0/s1. The van der Waals surface area contributed by atoms with Gasteiger partial charge in [0.2, 0.25) is 11.8 Å². The summed E-state index contributed by atoms with van der Waals surface area (Å²) in [6.07, 6.45) is 6.18. The summed E-state index contributed by atoms with van der Waals surface area (Å²) in [5.41, 5.74) is 3.76. The van der Waals surface area contributed by atoms with Gasteiger partial charge in [0.25, 0.3) is 0 Å². The third-order valence-electron chi connectivity index (χ3n) is 6.00. The second-order valence-electron chi connectivity index (χ2n) is 8.28. The highest BCUT2D eigenvalue weighted by Crippen LogP contribution is 2.41. The Morgan fingerprint density at radius 2 is 1.93 bits per heavy atom. The van der Waals surface area contributed by atoms with E-state index < -0.39 is 0 Å².